The van der Waals surface area contributed by atoms with Gasteiger partial charge in [-0.2, -0.15) is 17.9 Å². The molecule has 0 radical (unpaired) electrons. The van der Waals surface area contributed by atoms with Gasteiger partial charge in [-0.3, -0.25) is 9.13 Å². The van der Waals surface area contributed by atoms with E-state index in [9.17, 15) is 9.13 Å². The van der Waals surface area contributed by atoms with Crippen LogP contribution in [0.5, 0.6) is 0 Å². The summed E-state index contributed by atoms with van der Waals surface area (Å²) in [6.45, 7) is 9.45. The van der Waals surface area contributed by atoms with Gasteiger partial charge in [-0.1, -0.05) is 60.7 Å². The molecule has 0 aliphatic heterocycles. The molecule has 0 amide bonds. The number of nitrogens with zero attached hydrogens (tertiary/aromatic N) is 4. The highest BCUT2D eigenvalue weighted by Gasteiger charge is 2.47. The lowest BCUT2D eigenvalue weighted by molar-refractivity contribution is -0.692. The zero-order valence-electron chi connectivity index (χ0n) is 40.4. The molecule has 1 aliphatic rings. The first-order chi connectivity index (χ1) is 34.5. The van der Waals surface area contributed by atoms with E-state index in [1.165, 1.54) is 0 Å². The molecular formula is C57H58F2N4O6P2+4. The third kappa shape index (κ3) is 10.2. The van der Waals surface area contributed by atoms with Gasteiger partial charge in [0.1, 0.15) is 12.3 Å². The first kappa shape index (κ1) is 49.6. The molecule has 4 aromatic carbocycles. The molecule has 4 aromatic heterocycles. The highest BCUT2D eigenvalue weighted by atomic mass is 31.2. The van der Waals surface area contributed by atoms with Crippen LogP contribution in [0.15, 0.2) is 183 Å². The Hall–Kier alpha value is -6.36. The Morgan fingerprint density at radius 1 is 0.437 bits per heavy atom. The van der Waals surface area contributed by atoms with Gasteiger partial charge in [0, 0.05) is 60.7 Å². The van der Waals surface area contributed by atoms with Crippen molar-refractivity contribution < 1.29 is 54.3 Å². The third-order valence-electron chi connectivity index (χ3n) is 12.9. The quantitative estimate of drug-likeness (QED) is 0.0558. The Balaban J connectivity index is 0.982. The lowest BCUT2D eigenvalue weighted by Gasteiger charge is -2.33. The van der Waals surface area contributed by atoms with E-state index in [1.54, 1.807) is 61.1 Å². The predicted octanol–water partition coefficient (Wildman–Crippen LogP) is 11.3. The van der Waals surface area contributed by atoms with E-state index in [1.807, 2.05) is 144 Å². The molecule has 0 spiro atoms. The molecule has 0 fully saturated rings. The van der Waals surface area contributed by atoms with Crippen molar-refractivity contribution >= 4 is 15.2 Å². The number of fused-ring (bicyclic) bond motifs is 3. The second-order valence-electron chi connectivity index (χ2n) is 17.2. The van der Waals surface area contributed by atoms with Crippen LogP contribution in [-0.2, 0) is 45.7 Å². The summed E-state index contributed by atoms with van der Waals surface area (Å²) >= 11 is 0. The maximum absolute atomic E-state index is 16.9. The van der Waals surface area contributed by atoms with Crippen molar-refractivity contribution in [3.05, 3.63) is 217 Å². The van der Waals surface area contributed by atoms with Crippen molar-refractivity contribution in [1.29, 1.82) is 0 Å². The van der Waals surface area contributed by atoms with Gasteiger partial charge in [-0.05, 0) is 95.5 Å². The summed E-state index contributed by atoms with van der Waals surface area (Å²) in [5.74, 6) is -0.845. The maximum Gasteiger partial charge on any atom is 0.337 e. The summed E-state index contributed by atoms with van der Waals surface area (Å²) in [6, 6.07) is 42.6. The van der Waals surface area contributed by atoms with Crippen molar-refractivity contribution in [2.24, 2.45) is 0 Å². The van der Waals surface area contributed by atoms with E-state index in [2.05, 4.69) is 24.3 Å². The molecule has 0 unspecified atom stereocenters. The molecule has 71 heavy (non-hydrogen) atoms. The van der Waals surface area contributed by atoms with Gasteiger partial charge in [-0.25, -0.2) is 9.13 Å². The molecule has 9 rings (SSSR count). The van der Waals surface area contributed by atoms with Crippen molar-refractivity contribution in [1.82, 2.24) is 0 Å². The number of hydrogen-bond donors (Lipinski definition) is 0. The zero-order chi connectivity index (χ0) is 49.6. The Kier molecular flexibility index (Phi) is 15.1. The predicted molar refractivity (Wildman–Crippen MR) is 269 cm³/mol. The fourth-order valence-corrected chi connectivity index (χ4v) is 12.9. The van der Waals surface area contributed by atoms with Gasteiger partial charge in [0.15, 0.2) is 74.3 Å². The summed E-state index contributed by atoms with van der Waals surface area (Å²) in [5.41, 5.74) is 8.82. The number of hydrogen-bond acceptors (Lipinski definition) is 6. The molecule has 0 saturated heterocycles. The molecular weight excluding hydrogens is 937 g/mol. The van der Waals surface area contributed by atoms with Crippen LogP contribution in [0.3, 0.4) is 0 Å². The fraction of sp³-hybridized carbons (Fsp3) is 0.228. The molecule has 14 heteroatoms. The molecule has 0 saturated carbocycles. The van der Waals surface area contributed by atoms with E-state index in [0.29, 0.717) is 62.0 Å². The fourth-order valence-electron chi connectivity index (χ4n) is 9.67. The Morgan fingerprint density at radius 2 is 0.761 bits per heavy atom. The molecule has 0 N–H and O–H groups in total. The molecule has 10 nitrogen and oxygen atoms in total. The van der Waals surface area contributed by atoms with Crippen LogP contribution >= 0.6 is 15.2 Å². The van der Waals surface area contributed by atoms with Crippen LogP contribution in [0.25, 0.3) is 44.8 Å². The molecule has 1 aliphatic carbocycles. The van der Waals surface area contributed by atoms with Gasteiger partial charge < -0.3 is 18.1 Å². The van der Waals surface area contributed by atoms with Gasteiger partial charge >= 0.3 is 15.2 Å². The second kappa shape index (κ2) is 21.6. The number of benzene rings is 4. The van der Waals surface area contributed by atoms with E-state index in [-0.39, 0.29) is 12.3 Å². The third-order valence-corrected chi connectivity index (χ3v) is 17.0. The van der Waals surface area contributed by atoms with Crippen LogP contribution in [0.4, 0.5) is 8.78 Å². The largest absolute Gasteiger partial charge is 0.337 e. The minimum absolute atomic E-state index is 0.269. The molecule has 4 heterocycles. The highest BCUT2D eigenvalue weighted by Crippen LogP contribution is 2.56. The first-order valence-corrected chi connectivity index (χ1v) is 27.5. The minimum Gasteiger partial charge on any atom is -0.309 e. The van der Waals surface area contributed by atoms with Crippen molar-refractivity contribution in [2.75, 3.05) is 38.8 Å². The van der Waals surface area contributed by atoms with Gasteiger partial charge in [0.05, 0.1) is 31.8 Å². The SMILES string of the molecule is CCOP(=O)(CC[n+]1ccc(-c2cc[n+](-c3ccc(C4(c5ccc(-[n+]6ccc(-c7cc[n+](CCP(=O)(OCC)OCC)cc7)cc6)c(F)c5)c5ccccc5-c5ccccc54)cc3F)cc2)cc1)OCC. The van der Waals surface area contributed by atoms with Crippen molar-refractivity contribution in [3.8, 4) is 44.8 Å². The first-order valence-electron chi connectivity index (χ1n) is 24.1. The standard InChI is InChI=1S/C57H58F2N4O6P2/c1-5-66-70(64,67-6-2)39-37-60-29-21-43(22-30-60)45-25-33-62(34-26-45)55-19-17-47(41-53(55)58)57(51-15-11-9-13-49(51)50-14-10-12-16-52(50)57)48-18-20-56(54(59)42-48)63-35-27-46(28-36-63)44-23-31-61(32-24-44)38-40-71(65,68-7-3)69-8-4/h9-36,41-42H,5-8,37-40H2,1-4H3/q+4. The van der Waals surface area contributed by atoms with Gasteiger partial charge in [-0.15, -0.1) is 0 Å². The molecule has 0 bridgehead atoms. The normalized spacial score (nSPS) is 13.0. The lowest BCUT2D eigenvalue weighted by atomic mass is 9.67. The zero-order valence-corrected chi connectivity index (χ0v) is 42.2. The maximum atomic E-state index is 16.9. The topological polar surface area (TPSA) is 86.6 Å². The molecule has 0 atom stereocenters. The van der Waals surface area contributed by atoms with E-state index >= 15 is 8.78 Å². The summed E-state index contributed by atoms with van der Waals surface area (Å²) in [5, 5.41) is 0. The van der Waals surface area contributed by atoms with Gasteiger partial charge in [0.2, 0.25) is 11.4 Å². The number of pyridine rings is 4. The monoisotopic (exact) mass is 994 g/mol. The Labute approximate surface area is 414 Å². The van der Waals surface area contributed by atoms with Crippen LogP contribution in [0.1, 0.15) is 49.9 Å². The van der Waals surface area contributed by atoms with Gasteiger partial charge in [0.25, 0.3) is 0 Å². The molecule has 362 valence electrons. The average molecular weight is 995 g/mol. The summed E-state index contributed by atoms with van der Waals surface area (Å²) in [7, 11) is -6.32. The van der Waals surface area contributed by atoms with E-state index in [0.717, 1.165) is 44.5 Å². The van der Waals surface area contributed by atoms with Crippen LogP contribution < -0.4 is 18.3 Å². The van der Waals surface area contributed by atoms with Crippen LogP contribution in [-0.4, -0.2) is 38.8 Å². The number of aromatic nitrogens is 4. The summed E-state index contributed by atoms with van der Waals surface area (Å²) in [4.78, 5) is 0. The number of aryl methyl sites for hydroxylation is 2. The highest BCUT2D eigenvalue weighted by molar-refractivity contribution is 7.54. The van der Waals surface area contributed by atoms with E-state index in [4.69, 9.17) is 18.1 Å². The lowest BCUT2D eigenvalue weighted by Crippen LogP contribution is -2.34. The Bertz CT molecular complexity index is 3010. The van der Waals surface area contributed by atoms with E-state index < -0.39 is 32.2 Å². The smallest absolute Gasteiger partial charge is 0.309 e. The second-order valence-corrected chi connectivity index (χ2v) is 21.5. The number of rotatable bonds is 20. The summed E-state index contributed by atoms with van der Waals surface area (Å²) < 4.78 is 88.8. The number of halogens is 2. The van der Waals surface area contributed by atoms with Crippen molar-refractivity contribution in [3.63, 3.8) is 0 Å². The molecule has 8 aromatic rings. The van der Waals surface area contributed by atoms with Crippen LogP contribution in [0.2, 0.25) is 0 Å². The summed E-state index contributed by atoms with van der Waals surface area (Å²) in [6.07, 6.45) is 15.6. The minimum atomic E-state index is -3.16. The van der Waals surface area contributed by atoms with Crippen LogP contribution in [0, 0.1) is 11.6 Å². The van der Waals surface area contributed by atoms with Crippen molar-refractivity contribution in [2.45, 2.75) is 46.2 Å². The average Bonchev–Trinajstić information content (AvgIpc) is 3.69. The Morgan fingerprint density at radius 3 is 1.08 bits per heavy atom.